The van der Waals surface area contributed by atoms with Gasteiger partial charge in [0.1, 0.15) is 5.75 Å². The minimum atomic E-state index is 0.00163. The number of thiazole rings is 1. The molecule has 0 fully saturated rings. The second-order valence-corrected chi connectivity index (χ2v) is 8.90. The third-order valence-corrected chi connectivity index (χ3v) is 6.02. The Kier molecular flexibility index (Phi) is 7.24. The van der Waals surface area contributed by atoms with E-state index < -0.39 is 0 Å². The number of methoxy groups -OCH3 is 1. The van der Waals surface area contributed by atoms with Crippen molar-refractivity contribution in [1.82, 2.24) is 15.2 Å². The highest BCUT2D eigenvalue weighted by Gasteiger charge is 2.18. The predicted molar refractivity (Wildman–Crippen MR) is 123 cm³/mol. The van der Waals surface area contributed by atoms with Gasteiger partial charge in [0.25, 0.3) is 0 Å². The second kappa shape index (κ2) is 9.87. The normalized spacial score (nSPS) is 12.1. The van der Waals surface area contributed by atoms with E-state index >= 15 is 0 Å². The third-order valence-electron chi connectivity index (χ3n) is 5.04. The Morgan fingerprint density at radius 3 is 2.57 bits per heavy atom. The summed E-state index contributed by atoms with van der Waals surface area (Å²) in [5.41, 5.74) is 4.27. The van der Waals surface area contributed by atoms with Crippen LogP contribution in [0, 0.1) is 13.8 Å². The molecule has 0 aliphatic carbocycles. The molecule has 1 amide bonds. The van der Waals surface area contributed by atoms with Gasteiger partial charge in [-0.3, -0.25) is 4.79 Å². The first-order valence-electron chi connectivity index (χ1n) is 9.97. The summed E-state index contributed by atoms with van der Waals surface area (Å²) in [7, 11) is 5.69. The van der Waals surface area contributed by atoms with Crippen LogP contribution in [0.2, 0.25) is 0 Å². The minimum Gasteiger partial charge on any atom is -0.497 e. The topological polar surface area (TPSA) is 54.5 Å². The predicted octanol–water partition coefficient (Wildman–Crippen LogP) is 4.40. The fourth-order valence-electron chi connectivity index (χ4n) is 3.39. The Morgan fingerprint density at radius 2 is 1.90 bits per heavy atom. The molecule has 1 unspecified atom stereocenters. The second-order valence-electron chi connectivity index (χ2n) is 7.61. The van der Waals surface area contributed by atoms with Crippen LogP contribution < -0.4 is 10.1 Å². The number of aromatic nitrogens is 1. The maximum atomic E-state index is 12.8. The number of rotatable bonds is 8. The van der Waals surface area contributed by atoms with Gasteiger partial charge in [0, 0.05) is 17.0 Å². The molecule has 0 radical (unpaired) electrons. The van der Waals surface area contributed by atoms with Crippen LogP contribution in [0.3, 0.4) is 0 Å². The lowest BCUT2D eigenvalue weighted by atomic mass is 10.1. The molecule has 1 heterocycles. The number of amides is 1. The highest BCUT2D eigenvalue weighted by Crippen LogP contribution is 2.29. The highest BCUT2D eigenvalue weighted by molar-refractivity contribution is 7.12. The lowest BCUT2D eigenvalue weighted by Gasteiger charge is -2.25. The standard InChI is InChI=1S/C24H29N3O2S/c1-16-9-11-18(12-10-16)24-22(30-17(2)26-24)14-23(28)25-15-21(27(3)4)19-7-6-8-20(13-19)29-5/h6-13,21H,14-15H2,1-5H3,(H,25,28). The van der Waals surface area contributed by atoms with Crippen LogP contribution in [0.1, 0.15) is 27.1 Å². The lowest BCUT2D eigenvalue weighted by molar-refractivity contribution is -0.120. The van der Waals surface area contributed by atoms with E-state index in [1.54, 1.807) is 18.4 Å². The van der Waals surface area contributed by atoms with E-state index in [0.717, 1.165) is 32.5 Å². The number of hydrogen-bond donors (Lipinski definition) is 1. The summed E-state index contributed by atoms with van der Waals surface area (Å²) in [5.74, 6) is 0.815. The van der Waals surface area contributed by atoms with E-state index in [1.165, 1.54) is 5.56 Å². The quantitative estimate of drug-likeness (QED) is 0.584. The Balaban J connectivity index is 1.70. The average Bonchev–Trinajstić information content (AvgIpc) is 3.08. The van der Waals surface area contributed by atoms with Crippen LogP contribution in [-0.2, 0) is 11.2 Å². The van der Waals surface area contributed by atoms with E-state index in [4.69, 9.17) is 4.74 Å². The van der Waals surface area contributed by atoms with Gasteiger partial charge in [0.15, 0.2) is 0 Å². The summed E-state index contributed by atoms with van der Waals surface area (Å²) in [4.78, 5) is 20.5. The average molecular weight is 424 g/mol. The Hall–Kier alpha value is -2.70. The molecule has 0 saturated carbocycles. The molecule has 1 aromatic heterocycles. The molecule has 3 aromatic rings. The fraction of sp³-hybridized carbons (Fsp3) is 0.333. The molecule has 0 aliphatic rings. The van der Waals surface area contributed by atoms with Gasteiger partial charge in [-0.15, -0.1) is 11.3 Å². The van der Waals surface area contributed by atoms with Gasteiger partial charge in [-0.05, 0) is 45.6 Å². The van der Waals surface area contributed by atoms with Crippen LogP contribution in [0.25, 0.3) is 11.3 Å². The summed E-state index contributed by atoms with van der Waals surface area (Å²) in [6, 6.07) is 16.3. The van der Waals surface area contributed by atoms with Crippen molar-refractivity contribution >= 4 is 17.2 Å². The molecule has 5 nitrogen and oxygen atoms in total. The fourth-order valence-corrected chi connectivity index (χ4v) is 4.35. The van der Waals surface area contributed by atoms with Crippen molar-refractivity contribution in [3.63, 3.8) is 0 Å². The van der Waals surface area contributed by atoms with Crippen molar-refractivity contribution in [2.75, 3.05) is 27.7 Å². The van der Waals surface area contributed by atoms with Crippen molar-refractivity contribution in [1.29, 1.82) is 0 Å². The van der Waals surface area contributed by atoms with Crippen molar-refractivity contribution in [3.05, 3.63) is 69.5 Å². The molecule has 30 heavy (non-hydrogen) atoms. The maximum Gasteiger partial charge on any atom is 0.225 e. The first kappa shape index (κ1) is 22.0. The number of aryl methyl sites for hydroxylation is 2. The van der Waals surface area contributed by atoms with Crippen LogP contribution >= 0.6 is 11.3 Å². The molecular weight excluding hydrogens is 394 g/mol. The molecule has 1 N–H and O–H groups in total. The molecule has 6 heteroatoms. The monoisotopic (exact) mass is 423 g/mol. The number of nitrogens with one attached hydrogen (secondary N) is 1. The van der Waals surface area contributed by atoms with Crippen molar-refractivity contribution in [2.24, 2.45) is 0 Å². The number of carbonyl (C=O) groups is 1. The Labute approximate surface area is 182 Å². The summed E-state index contributed by atoms with van der Waals surface area (Å²) in [6.45, 7) is 4.57. The van der Waals surface area contributed by atoms with Crippen LogP contribution in [0.15, 0.2) is 48.5 Å². The molecule has 0 aliphatic heterocycles. The van der Waals surface area contributed by atoms with Gasteiger partial charge < -0.3 is 15.0 Å². The molecule has 3 rings (SSSR count). The van der Waals surface area contributed by atoms with Gasteiger partial charge in [0.05, 0.1) is 30.3 Å². The Bertz CT molecular complexity index is 996. The number of hydrogen-bond acceptors (Lipinski definition) is 5. The SMILES string of the molecule is COc1cccc(C(CNC(=O)Cc2sc(C)nc2-c2ccc(C)cc2)N(C)C)c1. The largest absolute Gasteiger partial charge is 0.497 e. The number of carbonyl (C=O) groups excluding carboxylic acids is 1. The highest BCUT2D eigenvalue weighted by atomic mass is 32.1. The summed E-state index contributed by atoms with van der Waals surface area (Å²) < 4.78 is 5.34. The van der Waals surface area contributed by atoms with E-state index in [9.17, 15) is 4.79 Å². The van der Waals surface area contributed by atoms with Crippen molar-refractivity contribution in [2.45, 2.75) is 26.3 Å². The molecule has 0 spiro atoms. The van der Waals surface area contributed by atoms with Gasteiger partial charge in [-0.25, -0.2) is 4.98 Å². The molecule has 0 saturated heterocycles. The summed E-state index contributed by atoms with van der Waals surface area (Å²) in [6.07, 6.45) is 0.326. The molecule has 158 valence electrons. The Morgan fingerprint density at radius 1 is 1.17 bits per heavy atom. The van der Waals surface area contributed by atoms with Gasteiger partial charge in [-0.1, -0.05) is 42.0 Å². The number of likely N-dealkylation sites (N-methyl/N-ethyl adjacent to an activating group) is 1. The number of benzene rings is 2. The maximum absolute atomic E-state index is 12.8. The minimum absolute atomic E-state index is 0.00163. The van der Waals surface area contributed by atoms with Gasteiger partial charge in [-0.2, -0.15) is 0 Å². The van der Waals surface area contributed by atoms with Gasteiger partial charge >= 0.3 is 0 Å². The van der Waals surface area contributed by atoms with E-state index in [-0.39, 0.29) is 11.9 Å². The van der Waals surface area contributed by atoms with Crippen molar-refractivity contribution in [3.8, 4) is 17.0 Å². The van der Waals surface area contributed by atoms with Crippen LogP contribution in [-0.4, -0.2) is 43.5 Å². The first-order valence-corrected chi connectivity index (χ1v) is 10.8. The molecule has 2 aromatic carbocycles. The first-order chi connectivity index (χ1) is 14.4. The zero-order valence-electron chi connectivity index (χ0n) is 18.2. The molecule has 0 bridgehead atoms. The van der Waals surface area contributed by atoms with E-state index in [2.05, 4.69) is 52.5 Å². The summed E-state index contributed by atoms with van der Waals surface area (Å²) >= 11 is 1.58. The van der Waals surface area contributed by atoms with E-state index in [1.807, 2.05) is 39.2 Å². The van der Waals surface area contributed by atoms with Crippen LogP contribution in [0.4, 0.5) is 0 Å². The number of nitrogens with zero attached hydrogens (tertiary/aromatic N) is 2. The zero-order chi connectivity index (χ0) is 21.7. The molecule has 1 atom stereocenters. The third kappa shape index (κ3) is 5.46. The van der Waals surface area contributed by atoms with Crippen LogP contribution in [0.5, 0.6) is 5.75 Å². The smallest absolute Gasteiger partial charge is 0.225 e. The lowest BCUT2D eigenvalue weighted by Crippen LogP contribution is -2.35. The zero-order valence-corrected chi connectivity index (χ0v) is 19.0. The van der Waals surface area contributed by atoms with Gasteiger partial charge in [0.2, 0.25) is 5.91 Å². The van der Waals surface area contributed by atoms with Crippen molar-refractivity contribution < 1.29 is 9.53 Å². The van der Waals surface area contributed by atoms with E-state index in [0.29, 0.717) is 13.0 Å². The number of ether oxygens (including phenoxy) is 1. The summed E-state index contributed by atoms with van der Waals surface area (Å²) in [5, 5.41) is 4.07. The molecular formula is C24H29N3O2S.